The molecule has 2 heteroatoms. The molecule has 4 aliphatic carbocycles. The van der Waals surface area contributed by atoms with Crippen LogP contribution in [0.4, 0.5) is 0 Å². The van der Waals surface area contributed by atoms with E-state index in [4.69, 9.17) is 9.47 Å². The van der Waals surface area contributed by atoms with E-state index in [0.29, 0.717) is 13.2 Å². The molecule has 4 saturated carbocycles. The molecule has 4 fully saturated rings. The predicted octanol–water partition coefficient (Wildman–Crippen LogP) is 11.7. The van der Waals surface area contributed by atoms with Gasteiger partial charge in [0.1, 0.15) is 24.7 Å². The van der Waals surface area contributed by atoms with Gasteiger partial charge in [-0.25, -0.2) is 0 Å². The number of ether oxygens (including phenoxy) is 2. The Kier molecular flexibility index (Phi) is 9.87. The summed E-state index contributed by atoms with van der Waals surface area (Å²) in [6, 6.07) is 14.5. The molecule has 0 heterocycles. The minimum atomic E-state index is 0.233. The average Bonchev–Trinajstić information content (AvgIpc) is 3.05. The molecule has 0 aromatic heterocycles. The first-order valence-corrected chi connectivity index (χ1v) is 18.1. The topological polar surface area (TPSA) is 18.5 Å². The molecule has 2 nitrogen and oxygen atoms in total. The highest BCUT2D eigenvalue weighted by molar-refractivity contribution is 5.45. The minimum absolute atomic E-state index is 0.233. The van der Waals surface area contributed by atoms with Crippen molar-refractivity contribution < 1.29 is 9.47 Å². The number of benzene rings is 2. The van der Waals surface area contributed by atoms with Gasteiger partial charge in [-0.15, -0.1) is 0 Å². The molecule has 0 amide bonds. The summed E-state index contributed by atoms with van der Waals surface area (Å²) in [5.74, 6) is 3.68. The predicted molar refractivity (Wildman–Crippen MR) is 176 cm³/mol. The molecule has 0 unspecified atom stereocenters. The van der Waals surface area contributed by atoms with E-state index in [1.165, 1.54) is 140 Å². The van der Waals surface area contributed by atoms with Crippen LogP contribution >= 0.6 is 0 Å². The van der Waals surface area contributed by atoms with Crippen LogP contribution in [0.5, 0.6) is 11.5 Å². The second kappa shape index (κ2) is 13.8. The Balaban J connectivity index is 1.17. The van der Waals surface area contributed by atoms with Gasteiger partial charge >= 0.3 is 0 Å². The van der Waals surface area contributed by atoms with E-state index in [-0.39, 0.29) is 10.8 Å². The van der Waals surface area contributed by atoms with Gasteiger partial charge in [0, 0.05) is 11.1 Å². The molecule has 42 heavy (non-hydrogen) atoms. The lowest BCUT2D eigenvalue weighted by atomic mass is 9.69. The van der Waals surface area contributed by atoms with Gasteiger partial charge < -0.3 is 9.47 Å². The lowest BCUT2D eigenvalue weighted by Gasteiger charge is -2.36. The third kappa shape index (κ3) is 6.89. The molecule has 0 N–H and O–H groups in total. The Labute approximate surface area is 257 Å². The maximum Gasteiger partial charge on any atom is 0.123 e. The van der Waals surface area contributed by atoms with E-state index in [1.54, 1.807) is 11.1 Å². The molecule has 0 atom stereocenters. The van der Waals surface area contributed by atoms with Gasteiger partial charge in [-0.2, -0.15) is 0 Å². The van der Waals surface area contributed by atoms with Crippen LogP contribution in [0.15, 0.2) is 36.4 Å². The summed E-state index contributed by atoms with van der Waals surface area (Å²) >= 11 is 0. The van der Waals surface area contributed by atoms with Crippen LogP contribution in [0, 0.1) is 0 Å². The van der Waals surface area contributed by atoms with Crippen molar-refractivity contribution in [2.75, 3.05) is 13.2 Å². The van der Waals surface area contributed by atoms with Crippen LogP contribution < -0.4 is 9.47 Å². The smallest absolute Gasteiger partial charge is 0.123 e. The Morgan fingerprint density at radius 1 is 0.500 bits per heavy atom. The van der Waals surface area contributed by atoms with Gasteiger partial charge in [0.15, 0.2) is 0 Å². The van der Waals surface area contributed by atoms with Crippen molar-refractivity contribution in [3.63, 3.8) is 0 Å². The van der Waals surface area contributed by atoms with Crippen LogP contribution in [0.2, 0.25) is 0 Å². The summed E-state index contributed by atoms with van der Waals surface area (Å²) in [5.41, 5.74) is 6.52. The van der Waals surface area contributed by atoms with Crippen molar-refractivity contribution in [3.05, 3.63) is 58.7 Å². The third-order valence-corrected chi connectivity index (χ3v) is 12.0. The largest absolute Gasteiger partial charge is 0.490 e. The average molecular weight is 571 g/mol. The fourth-order valence-corrected chi connectivity index (χ4v) is 9.18. The number of hydrogen-bond donors (Lipinski definition) is 0. The van der Waals surface area contributed by atoms with Crippen molar-refractivity contribution in [1.82, 2.24) is 0 Å². The fourth-order valence-electron chi connectivity index (χ4n) is 9.18. The SMILES string of the molecule is CC1(c2cc(C3CCCCC3)ccc2OCCOc2ccc(C3CCCCC3)cc2C2(C)CCCCC2)CCCCC1. The first-order valence-electron chi connectivity index (χ1n) is 18.1. The van der Waals surface area contributed by atoms with Crippen molar-refractivity contribution in [3.8, 4) is 11.5 Å². The van der Waals surface area contributed by atoms with E-state index >= 15 is 0 Å². The van der Waals surface area contributed by atoms with Crippen molar-refractivity contribution in [2.24, 2.45) is 0 Å². The summed E-state index contributed by atoms with van der Waals surface area (Å²) in [6.07, 6.45) is 27.0. The second-order valence-corrected chi connectivity index (χ2v) is 15.1. The minimum Gasteiger partial charge on any atom is -0.490 e. The van der Waals surface area contributed by atoms with Crippen LogP contribution in [0.3, 0.4) is 0 Å². The zero-order chi connectivity index (χ0) is 28.8. The Morgan fingerprint density at radius 2 is 0.857 bits per heavy atom. The highest BCUT2D eigenvalue weighted by Gasteiger charge is 2.34. The molecule has 6 rings (SSSR count). The van der Waals surface area contributed by atoms with Gasteiger partial charge in [0.25, 0.3) is 0 Å². The van der Waals surface area contributed by atoms with E-state index in [2.05, 4.69) is 50.2 Å². The molecule has 0 spiro atoms. The molecular formula is C40H58O2. The number of hydrogen-bond acceptors (Lipinski definition) is 2. The lowest BCUT2D eigenvalue weighted by Crippen LogP contribution is -2.27. The quantitative estimate of drug-likeness (QED) is 0.279. The lowest BCUT2D eigenvalue weighted by molar-refractivity contribution is 0.204. The molecule has 4 aliphatic rings. The van der Waals surface area contributed by atoms with E-state index in [1.807, 2.05) is 0 Å². The zero-order valence-corrected chi connectivity index (χ0v) is 27.0. The van der Waals surface area contributed by atoms with Crippen molar-refractivity contribution >= 4 is 0 Å². The van der Waals surface area contributed by atoms with E-state index in [0.717, 1.165) is 23.3 Å². The van der Waals surface area contributed by atoms with E-state index in [9.17, 15) is 0 Å². The molecule has 0 bridgehead atoms. The standard InChI is InChI=1S/C40H58O2/c1-39(23-11-5-12-24-39)35-29-33(31-15-7-3-8-16-31)19-21-37(35)41-27-28-42-38-22-20-34(32-17-9-4-10-18-32)30-36(38)40(2)25-13-6-14-26-40/h19-22,29-32H,3-18,23-28H2,1-2H3. The first-order chi connectivity index (χ1) is 20.5. The fraction of sp³-hybridized carbons (Fsp3) is 0.700. The van der Waals surface area contributed by atoms with Gasteiger partial charge in [-0.3, -0.25) is 0 Å². The third-order valence-electron chi connectivity index (χ3n) is 12.0. The first kappa shape index (κ1) is 30.1. The van der Waals surface area contributed by atoms with Crippen molar-refractivity contribution in [1.29, 1.82) is 0 Å². The zero-order valence-electron chi connectivity index (χ0n) is 27.0. The molecule has 230 valence electrons. The van der Waals surface area contributed by atoms with Gasteiger partial charge in [-0.05, 0) is 97.3 Å². The highest BCUT2D eigenvalue weighted by atomic mass is 16.5. The highest BCUT2D eigenvalue weighted by Crippen LogP contribution is 2.47. The van der Waals surface area contributed by atoms with Crippen LogP contribution in [0.1, 0.15) is 176 Å². The molecule has 0 saturated heterocycles. The summed E-state index contributed by atoms with van der Waals surface area (Å²) in [5, 5.41) is 0. The normalized spacial score (nSPS) is 23.4. The monoisotopic (exact) mass is 570 g/mol. The Hall–Kier alpha value is -1.96. The van der Waals surface area contributed by atoms with E-state index < -0.39 is 0 Å². The summed E-state index contributed by atoms with van der Waals surface area (Å²) in [7, 11) is 0. The Bertz CT molecular complexity index is 1050. The van der Waals surface area contributed by atoms with Gasteiger partial charge in [0.05, 0.1) is 0 Å². The summed E-state index contributed by atoms with van der Waals surface area (Å²) in [6.45, 7) is 6.21. The molecule has 2 aromatic carbocycles. The molecular weight excluding hydrogens is 512 g/mol. The maximum absolute atomic E-state index is 6.62. The Morgan fingerprint density at radius 3 is 1.24 bits per heavy atom. The molecule has 0 aliphatic heterocycles. The number of rotatable bonds is 9. The van der Waals surface area contributed by atoms with Crippen LogP contribution in [-0.4, -0.2) is 13.2 Å². The van der Waals surface area contributed by atoms with Gasteiger partial charge in [-0.1, -0.05) is 115 Å². The maximum atomic E-state index is 6.62. The second-order valence-electron chi connectivity index (χ2n) is 15.1. The molecule has 2 aromatic rings. The van der Waals surface area contributed by atoms with Crippen LogP contribution in [0.25, 0.3) is 0 Å². The van der Waals surface area contributed by atoms with Crippen molar-refractivity contribution in [2.45, 2.75) is 165 Å². The van der Waals surface area contributed by atoms with Gasteiger partial charge in [0.2, 0.25) is 0 Å². The summed E-state index contributed by atoms with van der Waals surface area (Å²) < 4.78 is 13.2. The van der Waals surface area contributed by atoms with Crippen LogP contribution in [-0.2, 0) is 10.8 Å². The summed E-state index contributed by atoms with van der Waals surface area (Å²) in [4.78, 5) is 0. The molecule has 0 radical (unpaired) electrons.